The summed E-state index contributed by atoms with van der Waals surface area (Å²) < 4.78 is 15.9. The molecule has 0 heterocycles. The van der Waals surface area contributed by atoms with Gasteiger partial charge >= 0.3 is 5.97 Å². The lowest BCUT2D eigenvalue weighted by molar-refractivity contribution is -0.153. The lowest BCUT2D eigenvalue weighted by Gasteiger charge is -2.30. The molecule has 1 aliphatic rings. The fourth-order valence-corrected chi connectivity index (χ4v) is 2.06. The molecule has 0 aliphatic heterocycles. The third-order valence-electron chi connectivity index (χ3n) is 3.28. The molecule has 1 fully saturated rings. The van der Waals surface area contributed by atoms with E-state index in [1.165, 1.54) is 7.11 Å². The Morgan fingerprint density at radius 1 is 1.39 bits per heavy atom. The molecule has 1 unspecified atom stereocenters. The Kier molecular flexibility index (Phi) is 6.05. The van der Waals surface area contributed by atoms with Gasteiger partial charge in [0.25, 0.3) is 0 Å². The standard InChI is InChI=1S/C13H25NO4/c1-10(2)18-8-7-17-9-13(14-3,11-5-6-11)12(15)16-4/h10-11,14H,5-9H2,1-4H3. The van der Waals surface area contributed by atoms with Crippen LogP contribution in [0.1, 0.15) is 26.7 Å². The highest BCUT2D eigenvalue weighted by atomic mass is 16.5. The summed E-state index contributed by atoms with van der Waals surface area (Å²) in [6, 6.07) is 0. The molecule has 5 nitrogen and oxygen atoms in total. The lowest BCUT2D eigenvalue weighted by atomic mass is 9.94. The van der Waals surface area contributed by atoms with Crippen molar-refractivity contribution >= 4 is 5.97 Å². The summed E-state index contributed by atoms with van der Waals surface area (Å²) in [4.78, 5) is 11.9. The van der Waals surface area contributed by atoms with Gasteiger partial charge in [-0.3, -0.25) is 0 Å². The van der Waals surface area contributed by atoms with Gasteiger partial charge in [0, 0.05) is 0 Å². The zero-order valence-electron chi connectivity index (χ0n) is 11.8. The van der Waals surface area contributed by atoms with Crippen LogP contribution in [0.5, 0.6) is 0 Å². The SMILES string of the molecule is CNC(COCCOC(C)C)(C(=O)OC)C1CC1. The molecular formula is C13H25NO4. The summed E-state index contributed by atoms with van der Waals surface area (Å²) >= 11 is 0. The van der Waals surface area contributed by atoms with E-state index >= 15 is 0 Å². The number of nitrogens with one attached hydrogen (secondary N) is 1. The summed E-state index contributed by atoms with van der Waals surface area (Å²) in [5.41, 5.74) is -0.688. The Hall–Kier alpha value is -0.650. The van der Waals surface area contributed by atoms with Crippen LogP contribution in [0.2, 0.25) is 0 Å². The third kappa shape index (κ3) is 3.93. The molecule has 5 heteroatoms. The molecule has 0 aromatic heterocycles. The first-order valence-corrected chi connectivity index (χ1v) is 6.53. The summed E-state index contributed by atoms with van der Waals surface area (Å²) in [7, 11) is 3.20. The molecule has 0 bridgehead atoms. The van der Waals surface area contributed by atoms with E-state index in [-0.39, 0.29) is 12.1 Å². The van der Waals surface area contributed by atoms with Crippen LogP contribution in [0.3, 0.4) is 0 Å². The van der Waals surface area contributed by atoms with Crippen LogP contribution >= 0.6 is 0 Å². The first kappa shape index (κ1) is 15.4. The molecule has 18 heavy (non-hydrogen) atoms. The Labute approximate surface area is 109 Å². The topological polar surface area (TPSA) is 56.8 Å². The molecule has 0 saturated heterocycles. The van der Waals surface area contributed by atoms with Crippen LogP contribution in [0, 0.1) is 5.92 Å². The van der Waals surface area contributed by atoms with Crippen LogP contribution in [-0.2, 0) is 19.0 Å². The van der Waals surface area contributed by atoms with Crippen LogP contribution < -0.4 is 5.32 Å². The molecule has 106 valence electrons. The quantitative estimate of drug-likeness (QED) is 0.494. The second-order valence-electron chi connectivity index (χ2n) is 4.96. The Morgan fingerprint density at radius 3 is 2.50 bits per heavy atom. The number of carbonyl (C=O) groups excluding carboxylic acids is 1. The van der Waals surface area contributed by atoms with E-state index in [0.717, 1.165) is 12.8 Å². The third-order valence-corrected chi connectivity index (χ3v) is 3.28. The molecule has 0 radical (unpaired) electrons. The predicted molar refractivity (Wildman–Crippen MR) is 68.4 cm³/mol. The predicted octanol–water partition coefficient (Wildman–Crippen LogP) is 0.969. The number of carbonyl (C=O) groups is 1. The van der Waals surface area contributed by atoms with Crippen molar-refractivity contribution in [1.29, 1.82) is 0 Å². The number of rotatable bonds is 9. The average molecular weight is 259 g/mol. The maximum absolute atomic E-state index is 11.9. The second kappa shape index (κ2) is 7.07. The highest BCUT2D eigenvalue weighted by Crippen LogP contribution is 2.40. The minimum atomic E-state index is -0.688. The first-order valence-electron chi connectivity index (χ1n) is 6.53. The van der Waals surface area contributed by atoms with Crippen molar-refractivity contribution in [2.24, 2.45) is 5.92 Å². The minimum Gasteiger partial charge on any atom is -0.468 e. The molecule has 0 aromatic rings. The lowest BCUT2D eigenvalue weighted by Crippen LogP contribution is -2.56. The van der Waals surface area contributed by atoms with Gasteiger partial charge in [0.15, 0.2) is 0 Å². The van der Waals surface area contributed by atoms with Crippen LogP contribution in [0.15, 0.2) is 0 Å². The zero-order chi connectivity index (χ0) is 13.6. The Bertz CT molecular complexity index is 266. The van der Waals surface area contributed by atoms with Crippen molar-refractivity contribution in [2.45, 2.75) is 38.3 Å². The fourth-order valence-electron chi connectivity index (χ4n) is 2.06. The Balaban J connectivity index is 2.39. The van der Waals surface area contributed by atoms with Gasteiger partial charge in [-0.25, -0.2) is 4.79 Å². The molecule has 1 aliphatic carbocycles. The van der Waals surface area contributed by atoms with Crippen molar-refractivity contribution in [2.75, 3.05) is 34.0 Å². The van der Waals surface area contributed by atoms with Crippen molar-refractivity contribution in [1.82, 2.24) is 5.32 Å². The van der Waals surface area contributed by atoms with Crippen molar-refractivity contribution in [3.05, 3.63) is 0 Å². The number of methoxy groups -OCH3 is 1. The van der Waals surface area contributed by atoms with E-state index < -0.39 is 5.54 Å². The number of hydrogen-bond donors (Lipinski definition) is 1. The summed E-state index contributed by atoms with van der Waals surface area (Å²) in [5.74, 6) is 0.0817. The van der Waals surface area contributed by atoms with Gasteiger partial charge < -0.3 is 19.5 Å². The normalized spacial score (nSPS) is 18.7. The highest BCUT2D eigenvalue weighted by molar-refractivity contribution is 5.82. The molecule has 0 amide bonds. The van der Waals surface area contributed by atoms with E-state index in [0.29, 0.717) is 25.7 Å². The largest absolute Gasteiger partial charge is 0.468 e. The molecule has 0 aromatic carbocycles. The molecule has 1 rings (SSSR count). The van der Waals surface area contributed by atoms with Gasteiger partial charge in [-0.15, -0.1) is 0 Å². The highest BCUT2D eigenvalue weighted by Gasteiger charge is 2.51. The summed E-state index contributed by atoms with van der Waals surface area (Å²) in [6.07, 6.45) is 2.29. The number of likely N-dealkylation sites (N-methyl/N-ethyl adjacent to an activating group) is 1. The van der Waals surface area contributed by atoms with Crippen molar-refractivity contribution in [3.63, 3.8) is 0 Å². The van der Waals surface area contributed by atoms with E-state index in [4.69, 9.17) is 14.2 Å². The van der Waals surface area contributed by atoms with Gasteiger partial charge in [-0.05, 0) is 39.7 Å². The first-order chi connectivity index (χ1) is 8.56. The number of hydrogen-bond acceptors (Lipinski definition) is 5. The van der Waals surface area contributed by atoms with Crippen LogP contribution in [-0.4, -0.2) is 51.6 Å². The van der Waals surface area contributed by atoms with E-state index in [1.54, 1.807) is 7.05 Å². The molecule has 0 spiro atoms. The van der Waals surface area contributed by atoms with Crippen molar-refractivity contribution < 1.29 is 19.0 Å². The minimum absolute atomic E-state index is 0.201. The zero-order valence-corrected chi connectivity index (χ0v) is 11.8. The number of ether oxygens (including phenoxy) is 3. The van der Waals surface area contributed by atoms with E-state index in [9.17, 15) is 4.79 Å². The second-order valence-corrected chi connectivity index (χ2v) is 4.96. The van der Waals surface area contributed by atoms with Gasteiger partial charge in [-0.1, -0.05) is 0 Å². The van der Waals surface area contributed by atoms with E-state index in [2.05, 4.69) is 5.32 Å². The smallest absolute Gasteiger partial charge is 0.328 e. The monoisotopic (exact) mass is 259 g/mol. The Morgan fingerprint density at radius 2 is 2.06 bits per heavy atom. The fraction of sp³-hybridized carbons (Fsp3) is 0.923. The molecule has 1 saturated carbocycles. The van der Waals surface area contributed by atoms with Gasteiger partial charge in [0.1, 0.15) is 5.54 Å². The van der Waals surface area contributed by atoms with Gasteiger partial charge in [0.05, 0.1) is 33.0 Å². The van der Waals surface area contributed by atoms with Crippen LogP contribution in [0.4, 0.5) is 0 Å². The van der Waals surface area contributed by atoms with Crippen LogP contribution in [0.25, 0.3) is 0 Å². The maximum atomic E-state index is 11.9. The summed E-state index contributed by atoms with van der Waals surface area (Å²) in [6.45, 7) is 5.34. The van der Waals surface area contributed by atoms with Crippen molar-refractivity contribution in [3.8, 4) is 0 Å². The number of esters is 1. The molecule has 1 atom stereocenters. The maximum Gasteiger partial charge on any atom is 0.328 e. The van der Waals surface area contributed by atoms with Gasteiger partial charge in [0.2, 0.25) is 0 Å². The average Bonchev–Trinajstić information content (AvgIpc) is 3.17. The van der Waals surface area contributed by atoms with Gasteiger partial charge in [-0.2, -0.15) is 0 Å². The van der Waals surface area contributed by atoms with E-state index in [1.807, 2.05) is 13.8 Å². The summed E-state index contributed by atoms with van der Waals surface area (Å²) in [5, 5.41) is 3.09. The molecule has 1 N–H and O–H groups in total. The molecular weight excluding hydrogens is 234 g/mol.